The van der Waals surface area contributed by atoms with Crippen molar-refractivity contribution in [3.05, 3.63) is 128 Å². The van der Waals surface area contributed by atoms with Crippen molar-refractivity contribution in [2.24, 2.45) is 0 Å². The molecule has 0 amide bonds. The first-order valence-corrected chi connectivity index (χ1v) is 16.0. The molecular weight excluding hydrogens is 631 g/mol. The van der Waals surface area contributed by atoms with E-state index >= 15 is 0 Å². The number of halogens is 2. The quantitative estimate of drug-likeness (QED) is 0.158. The minimum atomic E-state index is 0. The van der Waals surface area contributed by atoms with Gasteiger partial charge in [0.2, 0.25) is 0 Å². The zero-order valence-corrected chi connectivity index (χ0v) is 30.0. The second kappa shape index (κ2) is 16.5. The van der Waals surface area contributed by atoms with Gasteiger partial charge in [-0.2, -0.15) is 0 Å². The molecule has 4 heterocycles. The van der Waals surface area contributed by atoms with E-state index < -0.39 is 0 Å². The van der Waals surface area contributed by atoms with Gasteiger partial charge in [-0.3, -0.25) is 9.97 Å². The van der Waals surface area contributed by atoms with Gasteiger partial charge in [0.05, 0.1) is 63.1 Å². The van der Waals surface area contributed by atoms with Crippen LogP contribution in [-0.2, 0) is 53.5 Å². The van der Waals surface area contributed by atoms with Gasteiger partial charge in [-0.05, 0) is 75.4 Å². The van der Waals surface area contributed by atoms with Gasteiger partial charge in [0.15, 0.2) is 0 Å². The molecule has 2 aromatic heterocycles. The molecule has 2 atom stereocenters. The second-order valence-corrected chi connectivity index (χ2v) is 12.8. The molecule has 7 nitrogen and oxygen atoms in total. The Morgan fingerprint density at radius 1 is 0.596 bits per heavy atom. The fourth-order valence-electron chi connectivity index (χ4n) is 6.98. The minimum Gasteiger partial charge on any atom is -0.377 e. The summed E-state index contributed by atoms with van der Waals surface area (Å²) < 4.78 is 18.7. The molecule has 6 rings (SSSR count). The number of ether oxygens (including phenoxy) is 3. The Hall–Kier alpha value is -2.88. The highest BCUT2D eigenvalue weighted by Gasteiger charge is 2.31. The fourth-order valence-corrected chi connectivity index (χ4v) is 6.98. The molecular formula is C38H48Cl2N4O3. The molecule has 0 N–H and O–H groups in total. The number of rotatable bonds is 12. The average Bonchev–Trinajstić information content (AvgIpc) is 3.71. The largest absolute Gasteiger partial charge is 0.377 e. The summed E-state index contributed by atoms with van der Waals surface area (Å²) in [4.78, 5) is 14.8. The van der Waals surface area contributed by atoms with E-state index in [-0.39, 0.29) is 36.9 Å². The van der Waals surface area contributed by atoms with E-state index in [4.69, 9.17) is 24.2 Å². The third kappa shape index (κ3) is 8.06. The number of aryl methyl sites for hydroxylation is 2. The Bertz CT molecular complexity index is 1510. The number of pyridine rings is 2. The maximum Gasteiger partial charge on any atom is 0.0743 e. The fraction of sp³-hybridized carbons (Fsp3) is 0.421. The molecule has 0 bridgehead atoms. The number of hydrogen-bond donors (Lipinski definition) is 0. The molecule has 2 aliphatic heterocycles. The minimum absolute atomic E-state index is 0. The van der Waals surface area contributed by atoms with E-state index in [1.54, 1.807) is 0 Å². The third-order valence-electron chi connectivity index (χ3n) is 9.34. The maximum atomic E-state index is 6.65. The van der Waals surface area contributed by atoms with Gasteiger partial charge in [-0.1, -0.05) is 60.7 Å². The van der Waals surface area contributed by atoms with Crippen LogP contribution in [0.2, 0.25) is 0 Å². The highest BCUT2D eigenvalue weighted by molar-refractivity contribution is 5.85. The van der Waals surface area contributed by atoms with E-state index in [1.165, 1.54) is 44.5 Å². The van der Waals surface area contributed by atoms with Crippen LogP contribution in [0.5, 0.6) is 0 Å². The van der Waals surface area contributed by atoms with Crippen molar-refractivity contribution in [1.29, 1.82) is 0 Å². The lowest BCUT2D eigenvalue weighted by atomic mass is 9.92. The number of benzene rings is 2. The van der Waals surface area contributed by atoms with Gasteiger partial charge in [0, 0.05) is 35.4 Å². The molecule has 0 spiro atoms. The first-order chi connectivity index (χ1) is 21.8. The van der Waals surface area contributed by atoms with Gasteiger partial charge in [0.1, 0.15) is 0 Å². The standard InChI is InChI=1S/C38H46N4O3.2ClH/c1-25-37(31-21-43-19-29(31)33(39-25)17-27-13-9-7-10-14-27)35(41(3)4)23-45-24-36(42(5)6)38-26(2)40-34(30-20-44-22-32(30)38)18-28-15-11-8-12-16-28;;/h7-16,35-36H,17-24H2,1-6H3;2*1H. The summed E-state index contributed by atoms with van der Waals surface area (Å²) in [6.45, 7) is 7.85. The second-order valence-electron chi connectivity index (χ2n) is 12.8. The van der Waals surface area contributed by atoms with E-state index in [0.29, 0.717) is 39.6 Å². The summed E-state index contributed by atoms with van der Waals surface area (Å²) in [6, 6.07) is 21.3. The van der Waals surface area contributed by atoms with Crippen molar-refractivity contribution in [2.75, 3.05) is 41.4 Å². The number of nitrogens with zero attached hydrogens (tertiary/aromatic N) is 4. The Morgan fingerprint density at radius 3 is 1.32 bits per heavy atom. The highest BCUT2D eigenvalue weighted by atomic mass is 35.5. The molecule has 2 aromatic carbocycles. The summed E-state index contributed by atoms with van der Waals surface area (Å²) >= 11 is 0. The summed E-state index contributed by atoms with van der Waals surface area (Å²) in [5.41, 5.74) is 14.4. The van der Waals surface area contributed by atoms with E-state index in [9.17, 15) is 0 Å². The van der Waals surface area contributed by atoms with Gasteiger partial charge in [0.25, 0.3) is 0 Å². The molecule has 9 heteroatoms. The number of hydrogen-bond acceptors (Lipinski definition) is 7. The normalized spacial score (nSPS) is 14.8. The lowest BCUT2D eigenvalue weighted by Crippen LogP contribution is -2.31. The molecule has 0 radical (unpaired) electrons. The predicted molar refractivity (Wildman–Crippen MR) is 192 cm³/mol. The zero-order chi connectivity index (χ0) is 31.5. The highest BCUT2D eigenvalue weighted by Crippen LogP contribution is 2.37. The van der Waals surface area contributed by atoms with Crippen molar-refractivity contribution < 1.29 is 14.2 Å². The first-order valence-electron chi connectivity index (χ1n) is 16.0. The van der Waals surface area contributed by atoms with E-state index in [0.717, 1.165) is 35.6 Å². The monoisotopic (exact) mass is 678 g/mol. The lowest BCUT2D eigenvalue weighted by molar-refractivity contribution is 0.0421. The lowest BCUT2D eigenvalue weighted by Gasteiger charge is -2.31. The average molecular weight is 680 g/mol. The molecule has 0 aliphatic carbocycles. The summed E-state index contributed by atoms with van der Waals surface area (Å²) in [7, 11) is 8.50. The van der Waals surface area contributed by atoms with Crippen LogP contribution in [-0.4, -0.2) is 61.2 Å². The number of likely N-dealkylation sites (N-methyl/N-ethyl adjacent to an activating group) is 2. The van der Waals surface area contributed by atoms with Crippen LogP contribution in [0.1, 0.15) is 79.4 Å². The van der Waals surface area contributed by atoms with Crippen LogP contribution in [0, 0.1) is 13.8 Å². The zero-order valence-electron chi connectivity index (χ0n) is 28.4. The molecule has 2 unspecified atom stereocenters. The van der Waals surface area contributed by atoms with Gasteiger partial charge in [-0.15, -0.1) is 24.8 Å². The summed E-state index contributed by atoms with van der Waals surface area (Å²) in [6.07, 6.45) is 1.62. The van der Waals surface area contributed by atoms with Crippen LogP contribution in [0.3, 0.4) is 0 Å². The molecule has 0 fully saturated rings. The van der Waals surface area contributed by atoms with Crippen LogP contribution in [0.15, 0.2) is 60.7 Å². The van der Waals surface area contributed by atoms with Crippen molar-refractivity contribution in [3.8, 4) is 0 Å². The molecule has 0 saturated carbocycles. The molecule has 252 valence electrons. The topological polar surface area (TPSA) is 60.0 Å². The molecule has 4 aromatic rings. The predicted octanol–water partition coefficient (Wildman–Crippen LogP) is 7.10. The maximum absolute atomic E-state index is 6.65. The molecule has 47 heavy (non-hydrogen) atoms. The van der Waals surface area contributed by atoms with E-state index in [2.05, 4.69) is 113 Å². The van der Waals surface area contributed by atoms with Gasteiger partial charge in [-0.25, -0.2) is 0 Å². The Balaban J connectivity index is 0.00000250. The van der Waals surface area contributed by atoms with Gasteiger partial charge < -0.3 is 24.0 Å². The van der Waals surface area contributed by atoms with Crippen LogP contribution in [0.25, 0.3) is 0 Å². The molecule has 2 aliphatic rings. The van der Waals surface area contributed by atoms with Gasteiger partial charge >= 0.3 is 0 Å². The number of fused-ring (bicyclic) bond motifs is 2. The van der Waals surface area contributed by atoms with Crippen LogP contribution >= 0.6 is 24.8 Å². The van der Waals surface area contributed by atoms with E-state index in [1.807, 2.05) is 0 Å². The van der Waals surface area contributed by atoms with Crippen molar-refractivity contribution >= 4 is 24.8 Å². The van der Waals surface area contributed by atoms with Crippen LogP contribution < -0.4 is 0 Å². The molecule has 0 saturated heterocycles. The van der Waals surface area contributed by atoms with Crippen molar-refractivity contribution in [3.63, 3.8) is 0 Å². The first kappa shape index (κ1) is 36.9. The summed E-state index contributed by atoms with van der Waals surface area (Å²) in [5.74, 6) is 0. The van der Waals surface area contributed by atoms with Crippen LogP contribution in [0.4, 0.5) is 0 Å². The third-order valence-corrected chi connectivity index (χ3v) is 9.34. The van der Waals surface area contributed by atoms with Crippen molar-refractivity contribution in [2.45, 2.75) is 65.2 Å². The summed E-state index contributed by atoms with van der Waals surface area (Å²) in [5, 5.41) is 0. The number of aromatic nitrogens is 2. The van der Waals surface area contributed by atoms with Crippen molar-refractivity contribution in [1.82, 2.24) is 19.8 Å². The SMILES string of the molecule is Cc1nc(Cc2ccccc2)c2c(c1C(COCC(c1c(C)nc(Cc3ccccc3)c3c1COC3)N(C)C)N(C)C)COC2.Cl.Cl. The Labute approximate surface area is 292 Å². The Morgan fingerprint density at radius 2 is 0.957 bits per heavy atom. The smallest absolute Gasteiger partial charge is 0.0743 e. The Kier molecular flexibility index (Phi) is 13.0.